The summed E-state index contributed by atoms with van der Waals surface area (Å²) in [5, 5.41) is 3.01. The third-order valence-corrected chi connectivity index (χ3v) is 1.64. The molecule has 0 spiro atoms. The number of hydrogen-bond acceptors (Lipinski definition) is 4. The van der Waals surface area contributed by atoms with Crippen LogP contribution in [0.2, 0.25) is 0 Å². The Kier molecular flexibility index (Phi) is 2.59. The van der Waals surface area contributed by atoms with Crippen molar-refractivity contribution in [2.75, 3.05) is 13.1 Å². The summed E-state index contributed by atoms with van der Waals surface area (Å²) in [4.78, 5) is 21.3. The lowest BCUT2D eigenvalue weighted by Gasteiger charge is -2.04. The zero-order valence-electron chi connectivity index (χ0n) is 6.42. The van der Waals surface area contributed by atoms with E-state index in [4.69, 9.17) is 0 Å². The predicted molar refractivity (Wildman–Crippen MR) is 37.7 cm³/mol. The van der Waals surface area contributed by atoms with Crippen LogP contribution in [0.4, 0.5) is 0 Å². The Morgan fingerprint density at radius 3 is 2.73 bits per heavy atom. The van der Waals surface area contributed by atoms with Crippen molar-refractivity contribution in [3.05, 3.63) is 0 Å². The van der Waals surface area contributed by atoms with Crippen LogP contribution in [-0.4, -0.2) is 25.0 Å². The SMILES string of the molecule is CC(=O)OC(=O)C1CCNC1. The molecular weight excluding hydrogens is 146 g/mol. The molecule has 0 radical (unpaired) electrons. The Bertz CT molecular complexity index is 173. The quantitative estimate of drug-likeness (QED) is 0.419. The van der Waals surface area contributed by atoms with Gasteiger partial charge in [-0.05, 0) is 13.0 Å². The third-order valence-electron chi connectivity index (χ3n) is 1.64. The van der Waals surface area contributed by atoms with Crippen molar-refractivity contribution in [2.24, 2.45) is 5.92 Å². The highest BCUT2D eigenvalue weighted by atomic mass is 16.6. The number of rotatable bonds is 1. The molecule has 62 valence electrons. The molecule has 1 saturated heterocycles. The van der Waals surface area contributed by atoms with Crippen molar-refractivity contribution in [1.29, 1.82) is 0 Å². The van der Waals surface area contributed by atoms with Gasteiger partial charge in [-0.1, -0.05) is 0 Å². The molecule has 1 aliphatic rings. The van der Waals surface area contributed by atoms with Crippen molar-refractivity contribution in [3.63, 3.8) is 0 Å². The third kappa shape index (κ3) is 2.31. The van der Waals surface area contributed by atoms with Gasteiger partial charge in [-0.25, -0.2) is 0 Å². The summed E-state index contributed by atoms with van der Waals surface area (Å²) >= 11 is 0. The van der Waals surface area contributed by atoms with Crippen molar-refractivity contribution < 1.29 is 14.3 Å². The van der Waals surface area contributed by atoms with Gasteiger partial charge in [-0.15, -0.1) is 0 Å². The molecule has 1 atom stereocenters. The second kappa shape index (κ2) is 3.48. The van der Waals surface area contributed by atoms with Gasteiger partial charge in [0.15, 0.2) is 0 Å². The molecule has 1 N–H and O–H groups in total. The molecule has 0 aromatic carbocycles. The van der Waals surface area contributed by atoms with Crippen molar-refractivity contribution in [2.45, 2.75) is 13.3 Å². The van der Waals surface area contributed by atoms with Gasteiger partial charge in [-0.2, -0.15) is 0 Å². The summed E-state index contributed by atoms with van der Waals surface area (Å²) in [6.45, 7) is 2.70. The van der Waals surface area contributed by atoms with E-state index in [9.17, 15) is 9.59 Å². The lowest BCUT2D eigenvalue weighted by atomic mass is 10.1. The van der Waals surface area contributed by atoms with E-state index < -0.39 is 11.9 Å². The van der Waals surface area contributed by atoms with Crippen molar-refractivity contribution in [3.8, 4) is 0 Å². The second-order valence-corrected chi connectivity index (χ2v) is 2.60. The second-order valence-electron chi connectivity index (χ2n) is 2.60. The van der Waals surface area contributed by atoms with Crippen LogP contribution >= 0.6 is 0 Å². The summed E-state index contributed by atoms with van der Waals surface area (Å²) in [7, 11) is 0. The highest BCUT2D eigenvalue weighted by Crippen LogP contribution is 2.08. The minimum Gasteiger partial charge on any atom is -0.393 e. The molecule has 4 heteroatoms. The zero-order valence-corrected chi connectivity index (χ0v) is 6.42. The van der Waals surface area contributed by atoms with Crippen LogP contribution in [0.1, 0.15) is 13.3 Å². The largest absolute Gasteiger partial charge is 0.393 e. The molecule has 0 amide bonds. The molecule has 0 aromatic heterocycles. The zero-order chi connectivity index (χ0) is 8.27. The van der Waals surface area contributed by atoms with Gasteiger partial charge in [-0.3, -0.25) is 9.59 Å². The molecular formula is C7H11NO3. The number of ether oxygens (including phenoxy) is 1. The fourth-order valence-electron chi connectivity index (χ4n) is 1.08. The van der Waals surface area contributed by atoms with E-state index in [2.05, 4.69) is 10.1 Å². The maximum atomic E-state index is 11.0. The maximum Gasteiger partial charge on any atom is 0.317 e. The van der Waals surface area contributed by atoms with Gasteiger partial charge in [0.2, 0.25) is 0 Å². The van der Waals surface area contributed by atoms with Gasteiger partial charge >= 0.3 is 11.9 Å². The number of hydrogen-bond donors (Lipinski definition) is 1. The number of carbonyl (C=O) groups is 2. The van der Waals surface area contributed by atoms with Gasteiger partial charge < -0.3 is 10.1 Å². The van der Waals surface area contributed by atoms with Crippen LogP contribution in [0.5, 0.6) is 0 Å². The highest BCUT2D eigenvalue weighted by molar-refractivity contribution is 5.85. The molecule has 1 heterocycles. The molecule has 1 unspecified atom stereocenters. The summed E-state index contributed by atoms with van der Waals surface area (Å²) in [6.07, 6.45) is 0.770. The summed E-state index contributed by atoms with van der Waals surface area (Å²) in [5.41, 5.74) is 0. The van der Waals surface area contributed by atoms with E-state index in [0.29, 0.717) is 6.54 Å². The van der Waals surface area contributed by atoms with Gasteiger partial charge in [0.05, 0.1) is 5.92 Å². The minimum atomic E-state index is -0.526. The predicted octanol–water partition coefficient (Wildman–Crippen LogP) is -0.314. The topological polar surface area (TPSA) is 55.4 Å². The Labute approximate surface area is 64.9 Å². The molecule has 0 saturated carbocycles. The standard InChI is InChI=1S/C7H11NO3/c1-5(9)11-7(10)6-2-3-8-4-6/h6,8H,2-4H2,1H3. The molecule has 0 bridgehead atoms. The molecule has 1 rings (SSSR count). The van der Waals surface area contributed by atoms with E-state index >= 15 is 0 Å². The fraction of sp³-hybridized carbons (Fsp3) is 0.714. The van der Waals surface area contributed by atoms with Gasteiger partial charge in [0.1, 0.15) is 0 Å². The lowest BCUT2D eigenvalue weighted by molar-refractivity contribution is -0.160. The molecule has 4 nitrogen and oxygen atoms in total. The van der Waals surface area contributed by atoms with E-state index in [0.717, 1.165) is 13.0 Å². The normalized spacial score (nSPS) is 23.2. The molecule has 11 heavy (non-hydrogen) atoms. The summed E-state index contributed by atoms with van der Waals surface area (Å²) in [6, 6.07) is 0. The van der Waals surface area contributed by atoms with Crippen molar-refractivity contribution in [1.82, 2.24) is 5.32 Å². The average molecular weight is 157 g/mol. The number of nitrogens with one attached hydrogen (secondary N) is 1. The van der Waals surface area contributed by atoms with Crippen LogP contribution in [0.15, 0.2) is 0 Å². The average Bonchev–Trinajstić information content (AvgIpc) is 2.35. The van der Waals surface area contributed by atoms with Crippen LogP contribution in [0, 0.1) is 5.92 Å². The summed E-state index contributed by atoms with van der Waals surface area (Å²) in [5.74, 6) is -1.05. The molecule has 0 aliphatic carbocycles. The molecule has 1 aliphatic heterocycles. The molecule has 1 fully saturated rings. The van der Waals surface area contributed by atoms with Crippen LogP contribution in [-0.2, 0) is 14.3 Å². The smallest absolute Gasteiger partial charge is 0.317 e. The monoisotopic (exact) mass is 157 g/mol. The first-order chi connectivity index (χ1) is 5.20. The summed E-state index contributed by atoms with van der Waals surface area (Å²) < 4.78 is 4.42. The highest BCUT2D eigenvalue weighted by Gasteiger charge is 2.24. The van der Waals surface area contributed by atoms with E-state index in [1.165, 1.54) is 6.92 Å². The first-order valence-electron chi connectivity index (χ1n) is 3.63. The van der Waals surface area contributed by atoms with Crippen LogP contribution in [0.3, 0.4) is 0 Å². The van der Waals surface area contributed by atoms with E-state index in [1.807, 2.05) is 0 Å². The van der Waals surface area contributed by atoms with E-state index in [-0.39, 0.29) is 5.92 Å². The first kappa shape index (κ1) is 8.20. The van der Waals surface area contributed by atoms with Gasteiger partial charge in [0.25, 0.3) is 0 Å². The lowest BCUT2D eigenvalue weighted by Crippen LogP contribution is -2.21. The van der Waals surface area contributed by atoms with Crippen LogP contribution < -0.4 is 5.32 Å². The van der Waals surface area contributed by atoms with E-state index in [1.54, 1.807) is 0 Å². The number of esters is 2. The van der Waals surface area contributed by atoms with Crippen molar-refractivity contribution >= 4 is 11.9 Å². The fourth-order valence-corrected chi connectivity index (χ4v) is 1.08. The minimum absolute atomic E-state index is 0.126. The Hall–Kier alpha value is -0.900. The Balaban J connectivity index is 2.34. The Morgan fingerprint density at radius 1 is 1.55 bits per heavy atom. The van der Waals surface area contributed by atoms with Crippen LogP contribution in [0.25, 0.3) is 0 Å². The molecule has 0 aromatic rings. The van der Waals surface area contributed by atoms with Gasteiger partial charge in [0, 0.05) is 13.5 Å². The Morgan fingerprint density at radius 2 is 2.27 bits per heavy atom. The number of carbonyl (C=O) groups excluding carboxylic acids is 2. The first-order valence-corrected chi connectivity index (χ1v) is 3.63. The maximum absolute atomic E-state index is 11.0.